The van der Waals surface area contributed by atoms with E-state index >= 15 is 0 Å². The molecule has 21 heavy (non-hydrogen) atoms. The topological polar surface area (TPSA) is 72.0 Å². The molecule has 0 fully saturated rings. The maximum absolute atomic E-state index is 5.32. The average molecular weight is 287 g/mol. The van der Waals surface area contributed by atoms with Crippen molar-refractivity contribution in [3.05, 3.63) is 36.0 Å². The molecule has 1 unspecified atom stereocenters. The van der Waals surface area contributed by atoms with Gasteiger partial charge in [0.05, 0.1) is 13.3 Å². The summed E-state index contributed by atoms with van der Waals surface area (Å²) in [6, 6.07) is 8.19. The number of hydrogen-bond acceptors (Lipinski definition) is 6. The van der Waals surface area contributed by atoms with Gasteiger partial charge >= 0.3 is 0 Å². The van der Waals surface area contributed by atoms with Gasteiger partial charge in [0, 0.05) is 18.2 Å². The van der Waals surface area contributed by atoms with Crippen molar-refractivity contribution < 1.29 is 4.74 Å². The number of ether oxygens (including phenoxy) is 1. The van der Waals surface area contributed by atoms with Crippen LogP contribution >= 0.6 is 0 Å². The molecular weight excluding hydrogens is 266 g/mol. The van der Waals surface area contributed by atoms with Gasteiger partial charge in [0.25, 0.3) is 0 Å². The van der Waals surface area contributed by atoms with Gasteiger partial charge < -0.3 is 15.4 Å². The number of hydrogen-bond donors (Lipinski definition) is 2. The summed E-state index contributed by atoms with van der Waals surface area (Å²) in [7, 11) is 1.66. The minimum Gasteiger partial charge on any atom is -0.496 e. The molecule has 2 aromatic rings. The van der Waals surface area contributed by atoms with Gasteiger partial charge in [0.15, 0.2) is 5.82 Å². The molecule has 6 nitrogen and oxygen atoms in total. The number of rotatable bonds is 7. The molecule has 0 radical (unpaired) electrons. The Kier molecular flexibility index (Phi) is 5.31. The molecule has 6 heteroatoms. The van der Waals surface area contributed by atoms with Gasteiger partial charge in [-0.05, 0) is 19.4 Å². The maximum Gasteiger partial charge on any atom is 0.244 e. The molecule has 1 atom stereocenters. The van der Waals surface area contributed by atoms with Crippen LogP contribution < -0.4 is 15.4 Å². The lowest BCUT2D eigenvalue weighted by Crippen LogP contribution is -2.16. The third-order valence-corrected chi connectivity index (χ3v) is 3.19. The summed E-state index contributed by atoms with van der Waals surface area (Å²) in [5.41, 5.74) is 1.05. The van der Waals surface area contributed by atoms with Crippen LogP contribution in [0.4, 0.5) is 11.8 Å². The van der Waals surface area contributed by atoms with Crippen molar-refractivity contribution in [3.63, 3.8) is 0 Å². The molecule has 2 N–H and O–H groups in total. The van der Waals surface area contributed by atoms with Gasteiger partial charge in [-0.1, -0.05) is 25.1 Å². The van der Waals surface area contributed by atoms with E-state index in [1.165, 1.54) is 0 Å². The van der Waals surface area contributed by atoms with E-state index in [2.05, 4.69) is 39.7 Å². The van der Waals surface area contributed by atoms with E-state index in [1.807, 2.05) is 24.3 Å². The highest BCUT2D eigenvalue weighted by molar-refractivity contribution is 5.40. The Bertz CT molecular complexity index is 575. The molecule has 1 aromatic heterocycles. The van der Waals surface area contributed by atoms with Crippen molar-refractivity contribution in [1.82, 2.24) is 15.2 Å². The Morgan fingerprint density at radius 2 is 2.10 bits per heavy atom. The van der Waals surface area contributed by atoms with Crippen LogP contribution in [0.2, 0.25) is 0 Å². The third kappa shape index (κ3) is 4.30. The molecule has 0 aliphatic heterocycles. The van der Waals surface area contributed by atoms with Gasteiger partial charge in [0.1, 0.15) is 5.75 Å². The van der Waals surface area contributed by atoms with Gasteiger partial charge in [-0.25, -0.2) is 0 Å². The summed E-state index contributed by atoms with van der Waals surface area (Å²) in [6.45, 7) is 4.80. The van der Waals surface area contributed by atoms with Crippen LogP contribution in [0, 0.1) is 0 Å². The largest absolute Gasteiger partial charge is 0.496 e. The van der Waals surface area contributed by atoms with Gasteiger partial charge in [-0.15, -0.1) is 5.10 Å². The number of anilines is 2. The molecule has 112 valence electrons. The number of methoxy groups -OCH3 is 1. The monoisotopic (exact) mass is 287 g/mol. The van der Waals surface area contributed by atoms with Gasteiger partial charge in [-0.2, -0.15) is 10.1 Å². The number of nitrogens with zero attached hydrogens (tertiary/aromatic N) is 3. The Labute approximate surface area is 125 Å². The first-order chi connectivity index (χ1) is 10.2. The minimum absolute atomic E-state index is 0.351. The predicted octanol–water partition coefficient (Wildman–Crippen LogP) is 2.70. The first-order valence-electron chi connectivity index (χ1n) is 7.05. The smallest absolute Gasteiger partial charge is 0.244 e. The summed E-state index contributed by atoms with van der Waals surface area (Å²) in [4.78, 5) is 4.39. The summed E-state index contributed by atoms with van der Waals surface area (Å²) in [5, 5.41) is 14.4. The quantitative estimate of drug-likeness (QED) is 0.816. The maximum atomic E-state index is 5.32. The highest BCUT2D eigenvalue weighted by atomic mass is 16.5. The Morgan fingerprint density at radius 3 is 2.86 bits per heavy atom. The second-order valence-corrected chi connectivity index (χ2v) is 4.78. The molecule has 2 rings (SSSR count). The standard InChI is InChI=1S/C15H21N5O/c1-4-11(2)18-14-10-17-20-15(19-14)16-9-12-7-5-6-8-13(12)21-3/h5-8,10-11H,4,9H2,1-3H3,(H2,16,18,19,20). The fraction of sp³-hybridized carbons (Fsp3) is 0.400. The zero-order valence-electron chi connectivity index (χ0n) is 12.6. The van der Waals surface area contributed by atoms with Crippen LogP contribution in [0.3, 0.4) is 0 Å². The molecule has 0 saturated heterocycles. The zero-order valence-corrected chi connectivity index (χ0v) is 12.6. The highest BCUT2D eigenvalue weighted by Crippen LogP contribution is 2.18. The van der Waals surface area contributed by atoms with Gasteiger partial charge in [0.2, 0.25) is 5.95 Å². The van der Waals surface area contributed by atoms with Crippen LogP contribution in [0.25, 0.3) is 0 Å². The van der Waals surface area contributed by atoms with Crippen molar-refractivity contribution >= 4 is 11.8 Å². The van der Waals surface area contributed by atoms with E-state index in [0.717, 1.165) is 23.6 Å². The summed E-state index contributed by atoms with van der Waals surface area (Å²) in [5.74, 6) is 2.06. The Balaban J connectivity index is 2.01. The van der Waals surface area contributed by atoms with E-state index in [-0.39, 0.29) is 0 Å². The van der Waals surface area contributed by atoms with Crippen molar-refractivity contribution in [2.75, 3.05) is 17.7 Å². The summed E-state index contributed by atoms with van der Waals surface area (Å²) < 4.78 is 5.32. The Hall–Kier alpha value is -2.37. The van der Waals surface area contributed by atoms with Crippen LogP contribution in [0.5, 0.6) is 5.75 Å². The molecular formula is C15H21N5O. The molecule has 1 heterocycles. The SMILES string of the molecule is CCC(C)Nc1cnnc(NCc2ccccc2OC)n1. The summed E-state index contributed by atoms with van der Waals surface area (Å²) in [6.07, 6.45) is 2.65. The zero-order chi connectivity index (χ0) is 15.1. The second-order valence-electron chi connectivity index (χ2n) is 4.78. The van der Waals surface area contributed by atoms with Crippen LogP contribution in [0.15, 0.2) is 30.5 Å². The lowest BCUT2D eigenvalue weighted by Gasteiger charge is -2.12. The van der Waals surface area contributed by atoms with E-state index in [4.69, 9.17) is 4.74 Å². The predicted molar refractivity (Wildman–Crippen MR) is 83.5 cm³/mol. The fourth-order valence-electron chi connectivity index (χ4n) is 1.83. The fourth-order valence-corrected chi connectivity index (χ4v) is 1.83. The third-order valence-electron chi connectivity index (χ3n) is 3.19. The van der Waals surface area contributed by atoms with E-state index in [9.17, 15) is 0 Å². The van der Waals surface area contributed by atoms with Crippen LogP contribution in [0.1, 0.15) is 25.8 Å². The number of benzene rings is 1. The number of para-hydroxylation sites is 1. The normalized spacial score (nSPS) is 11.8. The molecule has 0 aliphatic carbocycles. The molecule has 0 spiro atoms. The molecule has 0 aliphatic rings. The van der Waals surface area contributed by atoms with Crippen LogP contribution in [-0.4, -0.2) is 28.3 Å². The molecule has 0 bridgehead atoms. The Morgan fingerprint density at radius 1 is 1.29 bits per heavy atom. The molecule has 1 aromatic carbocycles. The number of aromatic nitrogens is 3. The lowest BCUT2D eigenvalue weighted by molar-refractivity contribution is 0.410. The molecule has 0 amide bonds. The number of nitrogens with one attached hydrogen (secondary N) is 2. The summed E-state index contributed by atoms with van der Waals surface area (Å²) >= 11 is 0. The average Bonchev–Trinajstić information content (AvgIpc) is 2.53. The van der Waals surface area contributed by atoms with E-state index < -0.39 is 0 Å². The minimum atomic E-state index is 0.351. The highest BCUT2D eigenvalue weighted by Gasteiger charge is 2.05. The van der Waals surface area contributed by atoms with E-state index in [1.54, 1.807) is 13.3 Å². The van der Waals surface area contributed by atoms with Crippen molar-refractivity contribution in [3.8, 4) is 5.75 Å². The first-order valence-corrected chi connectivity index (χ1v) is 7.05. The van der Waals surface area contributed by atoms with Crippen molar-refractivity contribution in [2.24, 2.45) is 0 Å². The van der Waals surface area contributed by atoms with Crippen molar-refractivity contribution in [2.45, 2.75) is 32.9 Å². The lowest BCUT2D eigenvalue weighted by atomic mass is 10.2. The molecule has 0 saturated carbocycles. The first kappa shape index (κ1) is 15.0. The van der Waals surface area contributed by atoms with Gasteiger partial charge in [-0.3, -0.25) is 0 Å². The second kappa shape index (κ2) is 7.42. The van der Waals surface area contributed by atoms with E-state index in [0.29, 0.717) is 18.5 Å². The van der Waals surface area contributed by atoms with Crippen LogP contribution in [-0.2, 0) is 6.54 Å². The van der Waals surface area contributed by atoms with Crippen molar-refractivity contribution in [1.29, 1.82) is 0 Å².